The molecule has 0 spiro atoms. The minimum Gasteiger partial charge on any atom is -0.497 e. The second-order valence-electron chi connectivity index (χ2n) is 6.88. The number of hydrogen-bond donors (Lipinski definition) is 1. The van der Waals surface area contributed by atoms with Crippen LogP contribution in [0.1, 0.15) is 12.5 Å². The molecule has 0 bridgehead atoms. The summed E-state index contributed by atoms with van der Waals surface area (Å²) in [4.78, 5) is 39.4. The van der Waals surface area contributed by atoms with Gasteiger partial charge in [-0.05, 0) is 31.2 Å². The Balaban J connectivity index is 1.83. The molecule has 4 rings (SSSR count). The summed E-state index contributed by atoms with van der Waals surface area (Å²) in [6.07, 6.45) is 3.39. The van der Waals surface area contributed by atoms with Gasteiger partial charge in [0.15, 0.2) is 0 Å². The van der Waals surface area contributed by atoms with Crippen LogP contribution in [0.5, 0.6) is 11.5 Å². The summed E-state index contributed by atoms with van der Waals surface area (Å²) in [6, 6.07) is 11.6. The van der Waals surface area contributed by atoms with Crippen LogP contribution in [0.25, 0.3) is 17.0 Å². The molecule has 0 unspecified atom stereocenters. The lowest BCUT2D eigenvalue weighted by Crippen LogP contribution is -2.54. The molecule has 1 saturated heterocycles. The number of methoxy groups -OCH3 is 2. The van der Waals surface area contributed by atoms with Crippen molar-refractivity contribution in [1.29, 1.82) is 0 Å². The fraction of sp³-hybridized carbons (Fsp3) is 0.174. The SMILES string of the molecule is CCn1cc(/C=C2\C(=O)NC(=O)N(c3cc(OC)ccc3OC)C2=O)c2ccccc21. The van der Waals surface area contributed by atoms with Gasteiger partial charge in [0, 0.05) is 35.3 Å². The largest absolute Gasteiger partial charge is 0.497 e. The highest BCUT2D eigenvalue weighted by molar-refractivity contribution is 6.39. The number of fused-ring (bicyclic) bond motifs is 1. The maximum atomic E-state index is 13.3. The van der Waals surface area contributed by atoms with Crippen molar-refractivity contribution < 1.29 is 23.9 Å². The monoisotopic (exact) mass is 419 g/mol. The first kappa shape index (κ1) is 20.2. The van der Waals surface area contributed by atoms with Crippen molar-refractivity contribution in [3.8, 4) is 11.5 Å². The molecule has 4 amide bonds. The van der Waals surface area contributed by atoms with Crippen molar-refractivity contribution in [1.82, 2.24) is 9.88 Å². The zero-order valence-electron chi connectivity index (χ0n) is 17.3. The molecule has 1 N–H and O–H groups in total. The number of carbonyl (C=O) groups is 3. The number of amides is 4. The van der Waals surface area contributed by atoms with E-state index < -0.39 is 17.8 Å². The Hall–Kier alpha value is -4.07. The number of urea groups is 1. The summed E-state index contributed by atoms with van der Waals surface area (Å²) in [7, 11) is 2.90. The number of carbonyl (C=O) groups excluding carboxylic acids is 3. The number of para-hydroxylation sites is 1. The molecule has 0 atom stereocenters. The standard InChI is InChI=1S/C23H21N3O5/c1-4-25-13-14(16-7-5-6-8-18(16)25)11-17-21(27)24-23(29)26(22(17)28)19-12-15(30-2)9-10-20(19)31-3/h5-13H,4H2,1-3H3,(H,24,27,29)/b17-11+. The minimum absolute atomic E-state index is 0.150. The smallest absolute Gasteiger partial charge is 0.336 e. The maximum absolute atomic E-state index is 13.3. The third kappa shape index (κ3) is 3.42. The number of aromatic nitrogens is 1. The van der Waals surface area contributed by atoms with Crippen molar-refractivity contribution in [3.63, 3.8) is 0 Å². The van der Waals surface area contributed by atoms with Gasteiger partial charge in [-0.15, -0.1) is 0 Å². The van der Waals surface area contributed by atoms with E-state index in [-0.39, 0.29) is 11.3 Å². The van der Waals surface area contributed by atoms with E-state index in [0.29, 0.717) is 17.1 Å². The molecule has 31 heavy (non-hydrogen) atoms. The van der Waals surface area contributed by atoms with Crippen LogP contribution in [0.4, 0.5) is 10.5 Å². The molecule has 2 aromatic carbocycles. The number of rotatable bonds is 5. The number of anilines is 1. The molecule has 0 radical (unpaired) electrons. The Morgan fingerprint density at radius 3 is 2.52 bits per heavy atom. The van der Waals surface area contributed by atoms with Gasteiger partial charge in [0.1, 0.15) is 17.1 Å². The number of barbiturate groups is 1. The molecule has 1 aromatic heterocycles. The number of ether oxygens (including phenoxy) is 2. The lowest BCUT2D eigenvalue weighted by molar-refractivity contribution is -0.122. The molecule has 0 saturated carbocycles. The first-order valence-electron chi connectivity index (χ1n) is 9.69. The van der Waals surface area contributed by atoms with E-state index in [1.54, 1.807) is 12.1 Å². The van der Waals surface area contributed by atoms with E-state index >= 15 is 0 Å². The molecule has 1 fully saturated rings. The highest BCUT2D eigenvalue weighted by Crippen LogP contribution is 2.35. The zero-order chi connectivity index (χ0) is 22.1. The number of nitrogens with one attached hydrogen (secondary N) is 1. The highest BCUT2D eigenvalue weighted by Gasteiger charge is 2.38. The van der Waals surface area contributed by atoms with Gasteiger partial charge < -0.3 is 14.0 Å². The van der Waals surface area contributed by atoms with Crippen LogP contribution in [0.2, 0.25) is 0 Å². The Kier molecular flexibility index (Phi) is 5.21. The number of nitrogens with zero attached hydrogens (tertiary/aromatic N) is 2. The summed E-state index contributed by atoms with van der Waals surface area (Å²) in [5.74, 6) is -0.763. The van der Waals surface area contributed by atoms with Gasteiger partial charge in [-0.3, -0.25) is 14.9 Å². The summed E-state index contributed by atoms with van der Waals surface area (Å²) < 4.78 is 12.6. The van der Waals surface area contributed by atoms with Gasteiger partial charge in [-0.25, -0.2) is 9.69 Å². The summed E-state index contributed by atoms with van der Waals surface area (Å²) in [6.45, 7) is 2.74. The van der Waals surface area contributed by atoms with Crippen LogP contribution < -0.4 is 19.7 Å². The minimum atomic E-state index is -0.852. The van der Waals surface area contributed by atoms with E-state index in [4.69, 9.17) is 9.47 Å². The van der Waals surface area contributed by atoms with Crippen molar-refractivity contribution in [2.75, 3.05) is 19.1 Å². The average Bonchev–Trinajstić information content (AvgIpc) is 3.14. The lowest BCUT2D eigenvalue weighted by Gasteiger charge is -2.27. The Morgan fingerprint density at radius 2 is 1.81 bits per heavy atom. The summed E-state index contributed by atoms with van der Waals surface area (Å²) in [5, 5.41) is 3.14. The van der Waals surface area contributed by atoms with Gasteiger partial charge in [0.2, 0.25) is 0 Å². The number of benzene rings is 2. The van der Waals surface area contributed by atoms with Gasteiger partial charge in [0.25, 0.3) is 11.8 Å². The van der Waals surface area contributed by atoms with Gasteiger partial charge >= 0.3 is 6.03 Å². The number of imide groups is 2. The van der Waals surface area contributed by atoms with E-state index in [9.17, 15) is 14.4 Å². The first-order chi connectivity index (χ1) is 15.0. The zero-order valence-corrected chi connectivity index (χ0v) is 17.3. The van der Waals surface area contributed by atoms with Crippen LogP contribution in [0, 0.1) is 0 Å². The molecule has 3 aromatic rings. The third-order valence-electron chi connectivity index (χ3n) is 5.19. The van der Waals surface area contributed by atoms with E-state index in [1.165, 1.54) is 26.4 Å². The fourth-order valence-electron chi connectivity index (χ4n) is 3.66. The Morgan fingerprint density at radius 1 is 1.03 bits per heavy atom. The van der Waals surface area contributed by atoms with E-state index in [1.807, 2.05) is 42.0 Å². The Labute approximate surface area is 178 Å². The highest BCUT2D eigenvalue weighted by atomic mass is 16.5. The topological polar surface area (TPSA) is 89.9 Å². The van der Waals surface area contributed by atoms with Gasteiger partial charge in [-0.2, -0.15) is 0 Å². The van der Waals surface area contributed by atoms with Gasteiger partial charge in [-0.1, -0.05) is 18.2 Å². The normalized spacial score (nSPS) is 15.5. The maximum Gasteiger partial charge on any atom is 0.336 e. The molecule has 1 aliphatic rings. The number of hydrogen-bond acceptors (Lipinski definition) is 5. The predicted octanol–water partition coefficient (Wildman–Crippen LogP) is 3.34. The van der Waals surface area contributed by atoms with E-state index in [0.717, 1.165) is 22.3 Å². The third-order valence-corrected chi connectivity index (χ3v) is 5.19. The van der Waals surface area contributed by atoms with Crippen molar-refractivity contribution in [2.24, 2.45) is 0 Å². The molecule has 8 nitrogen and oxygen atoms in total. The summed E-state index contributed by atoms with van der Waals surface area (Å²) >= 11 is 0. The average molecular weight is 419 g/mol. The van der Waals surface area contributed by atoms with Gasteiger partial charge in [0.05, 0.1) is 19.9 Å². The van der Waals surface area contributed by atoms with Crippen molar-refractivity contribution >= 4 is 40.5 Å². The Bertz CT molecular complexity index is 1240. The molecule has 2 heterocycles. The van der Waals surface area contributed by atoms with Crippen LogP contribution in [-0.4, -0.2) is 36.6 Å². The lowest BCUT2D eigenvalue weighted by atomic mass is 10.1. The summed E-state index contributed by atoms with van der Waals surface area (Å²) in [5.41, 5.74) is 1.73. The number of aryl methyl sites for hydroxylation is 1. The van der Waals surface area contributed by atoms with Crippen LogP contribution in [-0.2, 0) is 16.1 Å². The van der Waals surface area contributed by atoms with Crippen LogP contribution in [0.15, 0.2) is 54.2 Å². The fourth-order valence-corrected chi connectivity index (χ4v) is 3.66. The first-order valence-corrected chi connectivity index (χ1v) is 9.69. The quantitative estimate of drug-likeness (QED) is 0.506. The van der Waals surface area contributed by atoms with Crippen LogP contribution in [0.3, 0.4) is 0 Å². The second kappa shape index (κ2) is 7.98. The van der Waals surface area contributed by atoms with Crippen molar-refractivity contribution in [3.05, 3.63) is 59.8 Å². The predicted molar refractivity (Wildman–Crippen MR) is 116 cm³/mol. The second-order valence-corrected chi connectivity index (χ2v) is 6.88. The molecule has 158 valence electrons. The molecular weight excluding hydrogens is 398 g/mol. The molecular formula is C23H21N3O5. The van der Waals surface area contributed by atoms with E-state index in [2.05, 4.69) is 5.32 Å². The van der Waals surface area contributed by atoms with Crippen LogP contribution >= 0.6 is 0 Å². The van der Waals surface area contributed by atoms with Crippen molar-refractivity contribution in [2.45, 2.75) is 13.5 Å². The molecule has 8 heteroatoms. The molecule has 1 aliphatic heterocycles. The molecule has 0 aliphatic carbocycles.